The van der Waals surface area contributed by atoms with Gasteiger partial charge in [0.1, 0.15) is 6.10 Å². The monoisotopic (exact) mass is 890 g/mol. The third-order valence-corrected chi connectivity index (χ3v) is 18.3. The van der Waals surface area contributed by atoms with Crippen LogP contribution in [0.5, 0.6) is 0 Å². The first-order valence-corrected chi connectivity index (χ1v) is 28.6. The molecule has 3 N–H and O–H groups in total. The Balaban J connectivity index is 1.85. The molecule has 3 unspecified atom stereocenters. The van der Waals surface area contributed by atoms with Crippen molar-refractivity contribution >= 4 is 24.6 Å². The summed E-state index contributed by atoms with van der Waals surface area (Å²) in [6.45, 7) is 11.4. The number of rotatable bonds is 41. The van der Waals surface area contributed by atoms with Crippen LogP contribution in [0.1, 0.15) is 240 Å². The minimum absolute atomic E-state index is 0.0695. The highest BCUT2D eigenvalue weighted by atomic mass is 28.4. The molecule has 360 valence electrons. The van der Waals surface area contributed by atoms with Gasteiger partial charge in [-0.3, -0.25) is 4.79 Å². The first-order valence-electron chi connectivity index (χ1n) is 26.7. The van der Waals surface area contributed by atoms with Crippen LogP contribution in [0, 0.1) is 0 Å². The lowest BCUT2D eigenvalue weighted by molar-refractivity contribution is -0.124. The smallest absolute Gasteiger partial charge is 0.261 e. The van der Waals surface area contributed by atoms with Crippen molar-refractivity contribution in [3.05, 3.63) is 72.8 Å². The molecule has 63 heavy (non-hydrogen) atoms. The molecular formula is C57H99NO4Si. The van der Waals surface area contributed by atoms with E-state index in [4.69, 9.17) is 4.43 Å². The minimum atomic E-state index is -2.92. The van der Waals surface area contributed by atoms with Gasteiger partial charge in [0.15, 0.2) is 0 Å². The molecule has 6 heteroatoms. The highest BCUT2D eigenvalue weighted by Gasteiger charge is 2.50. The highest BCUT2D eigenvalue weighted by Crippen LogP contribution is 2.37. The quantitative estimate of drug-likeness (QED) is 0.0353. The van der Waals surface area contributed by atoms with Crippen molar-refractivity contribution in [2.75, 3.05) is 6.61 Å². The topological polar surface area (TPSA) is 78.8 Å². The second-order valence-corrected chi connectivity index (χ2v) is 24.3. The van der Waals surface area contributed by atoms with Crippen LogP contribution in [0.15, 0.2) is 72.8 Å². The predicted molar refractivity (Wildman–Crippen MR) is 276 cm³/mol. The lowest BCUT2D eigenvalue weighted by atomic mass is 9.99. The molecule has 0 heterocycles. The summed E-state index contributed by atoms with van der Waals surface area (Å²) >= 11 is 0. The van der Waals surface area contributed by atoms with Gasteiger partial charge in [-0.25, -0.2) is 0 Å². The molecule has 2 rings (SSSR count). The lowest BCUT2D eigenvalue weighted by Gasteiger charge is -2.44. The number of unbranched alkanes of at least 4 members (excludes halogenated alkanes) is 27. The number of nitrogens with one attached hydrogen (secondary N) is 1. The largest absolute Gasteiger partial charge is 0.405 e. The van der Waals surface area contributed by atoms with E-state index in [0.29, 0.717) is 12.8 Å². The molecule has 0 bridgehead atoms. The fourth-order valence-electron chi connectivity index (χ4n) is 9.35. The van der Waals surface area contributed by atoms with Gasteiger partial charge < -0.3 is 20.0 Å². The molecule has 1 amide bonds. The van der Waals surface area contributed by atoms with Gasteiger partial charge in [-0.1, -0.05) is 268 Å². The van der Waals surface area contributed by atoms with E-state index in [0.717, 1.165) is 48.9 Å². The number of carbonyl (C=O) groups is 1. The summed E-state index contributed by atoms with van der Waals surface area (Å²) in [5.74, 6) is -0.0695. The van der Waals surface area contributed by atoms with Crippen LogP contribution in [0.25, 0.3) is 0 Å². The maximum absolute atomic E-state index is 13.6. The van der Waals surface area contributed by atoms with Gasteiger partial charge in [-0.15, -0.1) is 0 Å². The summed E-state index contributed by atoms with van der Waals surface area (Å²) in [4.78, 5) is 13.6. The Hall–Kier alpha value is -2.25. The Kier molecular flexibility index (Phi) is 33.3. The van der Waals surface area contributed by atoms with Gasteiger partial charge in [-0.05, 0) is 53.9 Å². The van der Waals surface area contributed by atoms with E-state index >= 15 is 0 Å². The van der Waals surface area contributed by atoms with Gasteiger partial charge in [0.25, 0.3) is 8.32 Å². The van der Waals surface area contributed by atoms with Crippen molar-refractivity contribution in [1.82, 2.24) is 5.32 Å². The average Bonchev–Trinajstić information content (AvgIpc) is 3.28. The zero-order valence-electron chi connectivity index (χ0n) is 41.7. The molecule has 0 aliphatic heterocycles. The molecule has 0 saturated carbocycles. The van der Waals surface area contributed by atoms with E-state index < -0.39 is 26.6 Å². The third kappa shape index (κ3) is 25.3. The van der Waals surface area contributed by atoms with Crippen molar-refractivity contribution < 1.29 is 19.4 Å². The van der Waals surface area contributed by atoms with Gasteiger partial charge >= 0.3 is 0 Å². The number of hydrogen-bond donors (Lipinski definition) is 3. The second-order valence-electron chi connectivity index (χ2n) is 20.0. The van der Waals surface area contributed by atoms with Crippen molar-refractivity contribution in [2.24, 2.45) is 0 Å². The molecule has 0 fully saturated rings. The number of aliphatic hydroxyl groups is 2. The highest BCUT2D eigenvalue weighted by molar-refractivity contribution is 6.99. The van der Waals surface area contributed by atoms with Crippen LogP contribution in [-0.2, 0) is 9.22 Å². The molecular weight excluding hydrogens is 791 g/mol. The summed E-state index contributed by atoms with van der Waals surface area (Å²) in [6, 6.07) is 20.3. The molecule has 5 nitrogen and oxygen atoms in total. The van der Waals surface area contributed by atoms with Crippen molar-refractivity contribution in [1.29, 1.82) is 0 Å². The predicted octanol–water partition coefficient (Wildman–Crippen LogP) is 14.8. The van der Waals surface area contributed by atoms with Gasteiger partial charge in [-0.2, -0.15) is 0 Å². The van der Waals surface area contributed by atoms with Crippen LogP contribution >= 0.6 is 0 Å². The number of amides is 1. The van der Waals surface area contributed by atoms with E-state index in [2.05, 4.69) is 101 Å². The number of aliphatic hydroxyl groups excluding tert-OH is 2. The number of carbonyl (C=O) groups excluding carboxylic acids is 1. The molecule has 0 saturated heterocycles. The van der Waals surface area contributed by atoms with Crippen LogP contribution < -0.4 is 15.7 Å². The standard InChI is InChI=1S/C57H99NO4Si/c1-6-8-10-12-14-16-18-20-21-22-23-24-25-26-27-29-31-33-35-43-49-55(60)58-53(56(61)54(59)48-42-34-32-30-28-19-17-15-13-11-9-7-2)50-62-63(57(3,4)5,51-44-38-36-39-45-51)52-46-40-37-41-47-52/h20-21,36-41,44-47,53-54,56,59,61H,6-19,22-35,42-43,48-50H2,1-5H3,(H,58,60)/b21-20+. The first kappa shape index (κ1) is 56.9. The SMILES string of the molecule is CCCCCCCC/C=C/CCCCCCCCCCCCC(=O)NC(CO[Si](c1ccccc1)(c1ccccc1)C(C)(C)C)C(O)C(O)CCCCCCCCCCCCCC. The summed E-state index contributed by atoms with van der Waals surface area (Å²) < 4.78 is 7.22. The summed E-state index contributed by atoms with van der Waals surface area (Å²) in [5.41, 5.74) is 0. The Morgan fingerprint density at radius 1 is 0.556 bits per heavy atom. The maximum Gasteiger partial charge on any atom is 0.261 e. The van der Waals surface area contributed by atoms with Crippen molar-refractivity contribution in [3.8, 4) is 0 Å². The van der Waals surface area contributed by atoms with E-state index in [1.807, 2.05) is 12.1 Å². The van der Waals surface area contributed by atoms with Crippen molar-refractivity contribution in [2.45, 2.75) is 263 Å². The average molecular weight is 891 g/mol. The summed E-state index contributed by atoms with van der Waals surface area (Å²) in [7, 11) is -2.92. The third-order valence-electron chi connectivity index (χ3n) is 13.3. The number of benzene rings is 2. The Bertz CT molecular complexity index is 1320. The lowest BCUT2D eigenvalue weighted by Crippen LogP contribution is -2.68. The molecule has 0 aliphatic carbocycles. The van der Waals surface area contributed by atoms with Gasteiger partial charge in [0, 0.05) is 6.42 Å². The molecule has 3 atom stereocenters. The Morgan fingerprint density at radius 2 is 0.921 bits per heavy atom. The van der Waals surface area contributed by atoms with Crippen LogP contribution in [0.4, 0.5) is 0 Å². The van der Waals surface area contributed by atoms with E-state index in [1.165, 1.54) is 154 Å². The van der Waals surface area contributed by atoms with E-state index in [-0.39, 0.29) is 17.6 Å². The zero-order chi connectivity index (χ0) is 45.7. The Morgan fingerprint density at radius 3 is 1.32 bits per heavy atom. The first-order chi connectivity index (χ1) is 30.7. The number of hydrogen-bond acceptors (Lipinski definition) is 4. The molecule has 2 aromatic carbocycles. The molecule has 2 aromatic rings. The summed E-state index contributed by atoms with van der Waals surface area (Å²) in [5, 5.41) is 28.4. The van der Waals surface area contributed by atoms with E-state index in [1.54, 1.807) is 0 Å². The fourth-order valence-corrected chi connectivity index (χ4v) is 13.9. The van der Waals surface area contributed by atoms with E-state index in [9.17, 15) is 15.0 Å². The maximum atomic E-state index is 13.6. The fraction of sp³-hybridized carbons (Fsp3) is 0.737. The zero-order valence-corrected chi connectivity index (χ0v) is 42.7. The normalized spacial score (nSPS) is 13.7. The Labute approximate surface area is 390 Å². The molecule has 0 radical (unpaired) electrons. The molecule has 0 spiro atoms. The summed E-state index contributed by atoms with van der Waals surface area (Å²) in [6.07, 6.45) is 41.6. The molecule has 0 aliphatic rings. The van der Waals surface area contributed by atoms with Crippen LogP contribution in [0.3, 0.4) is 0 Å². The second kappa shape index (κ2) is 36.9. The van der Waals surface area contributed by atoms with Crippen molar-refractivity contribution in [3.63, 3.8) is 0 Å². The molecule has 0 aromatic heterocycles. The minimum Gasteiger partial charge on any atom is -0.405 e. The van der Waals surface area contributed by atoms with Crippen LogP contribution in [0.2, 0.25) is 5.04 Å². The number of allylic oxidation sites excluding steroid dienone is 2. The van der Waals surface area contributed by atoms with Gasteiger partial charge in [0.05, 0.1) is 18.8 Å². The van der Waals surface area contributed by atoms with Gasteiger partial charge in [0.2, 0.25) is 5.91 Å². The van der Waals surface area contributed by atoms with Crippen LogP contribution in [-0.4, -0.2) is 49.3 Å².